The quantitative estimate of drug-likeness (QED) is 0.563. The number of nitrogens with one attached hydrogen (secondary N) is 1. The lowest BCUT2D eigenvalue weighted by molar-refractivity contribution is -0.144. The summed E-state index contributed by atoms with van der Waals surface area (Å²) in [5.74, 6) is -1.98. The maximum atomic E-state index is 13.6. The predicted molar refractivity (Wildman–Crippen MR) is 72.9 cm³/mol. The van der Waals surface area contributed by atoms with Gasteiger partial charge in [-0.3, -0.25) is 0 Å². The van der Waals surface area contributed by atoms with Gasteiger partial charge < -0.3 is 5.32 Å². The molecule has 2 rings (SSSR count). The SMILES string of the molecule is Fc1cc(F)c(NC(c2ccccc2)C(F)(F)F)cc1Br. The van der Waals surface area contributed by atoms with Gasteiger partial charge in [0.2, 0.25) is 0 Å². The Morgan fingerprint density at radius 1 is 0.952 bits per heavy atom. The number of benzene rings is 2. The molecule has 0 aromatic heterocycles. The first kappa shape index (κ1) is 15.8. The molecule has 2 aromatic rings. The molecule has 1 unspecified atom stereocenters. The molecule has 0 saturated heterocycles. The smallest absolute Gasteiger partial charge is 0.368 e. The third-order valence-electron chi connectivity index (χ3n) is 2.77. The van der Waals surface area contributed by atoms with Crippen LogP contribution in [0, 0.1) is 11.6 Å². The van der Waals surface area contributed by atoms with Crippen molar-refractivity contribution < 1.29 is 22.0 Å². The molecule has 1 nitrogen and oxygen atoms in total. The van der Waals surface area contributed by atoms with Crippen molar-refractivity contribution in [1.29, 1.82) is 0 Å². The number of alkyl halides is 3. The van der Waals surface area contributed by atoms with Crippen LogP contribution in [0.25, 0.3) is 0 Å². The van der Waals surface area contributed by atoms with E-state index in [0.29, 0.717) is 6.07 Å². The van der Waals surface area contributed by atoms with Crippen LogP contribution in [0.2, 0.25) is 0 Å². The Morgan fingerprint density at radius 3 is 2.14 bits per heavy atom. The predicted octanol–water partition coefficient (Wildman–Crippen LogP) is 5.44. The number of rotatable bonds is 3. The highest BCUT2D eigenvalue weighted by atomic mass is 79.9. The van der Waals surface area contributed by atoms with Gasteiger partial charge in [0, 0.05) is 6.07 Å². The summed E-state index contributed by atoms with van der Waals surface area (Å²) in [6, 6.07) is 6.40. The highest BCUT2D eigenvalue weighted by Crippen LogP contribution is 2.37. The lowest BCUT2D eigenvalue weighted by Gasteiger charge is -2.23. The van der Waals surface area contributed by atoms with E-state index in [1.807, 2.05) is 0 Å². The number of hydrogen-bond acceptors (Lipinski definition) is 1. The van der Waals surface area contributed by atoms with Crippen molar-refractivity contribution in [1.82, 2.24) is 0 Å². The van der Waals surface area contributed by atoms with Gasteiger partial charge in [-0.05, 0) is 27.6 Å². The summed E-state index contributed by atoms with van der Waals surface area (Å²) in [5, 5.41) is 2.07. The average molecular weight is 366 g/mol. The van der Waals surface area contributed by atoms with Gasteiger partial charge in [0.25, 0.3) is 0 Å². The van der Waals surface area contributed by atoms with Crippen LogP contribution >= 0.6 is 15.9 Å². The number of halogens is 6. The summed E-state index contributed by atoms with van der Waals surface area (Å²) >= 11 is 2.81. The van der Waals surface area contributed by atoms with Crippen molar-refractivity contribution in [2.45, 2.75) is 12.2 Å². The highest BCUT2D eigenvalue weighted by Gasteiger charge is 2.41. The monoisotopic (exact) mass is 365 g/mol. The van der Waals surface area contributed by atoms with E-state index in [9.17, 15) is 22.0 Å². The third kappa shape index (κ3) is 3.72. The minimum Gasteiger partial charge on any atom is -0.368 e. The standard InChI is InChI=1S/C14H9BrF5N/c15-9-6-12(11(17)7-10(9)16)21-13(14(18,19)20)8-4-2-1-3-5-8/h1-7,13,21H. The fourth-order valence-corrected chi connectivity index (χ4v) is 2.13. The normalized spacial score (nSPS) is 13.0. The molecule has 2 aromatic carbocycles. The van der Waals surface area contributed by atoms with E-state index in [1.165, 1.54) is 24.3 Å². The van der Waals surface area contributed by atoms with E-state index in [4.69, 9.17) is 0 Å². The summed E-state index contributed by atoms with van der Waals surface area (Å²) in [6.45, 7) is 0. The van der Waals surface area contributed by atoms with Gasteiger partial charge in [0.15, 0.2) is 0 Å². The minimum absolute atomic E-state index is 0.0650. The van der Waals surface area contributed by atoms with Gasteiger partial charge in [-0.15, -0.1) is 0 Å². The second kappa shape index (κ2) is 6.01. The van der Waals surface area contributed by atoms with Gasteiger partial charge in [0.1, 0.15) is 17.7 Å². The zero-order valence-corrected chi connectivity index (χ0v) is 12.0. The van der Waals surface area contributed by atoms with Crippen LogP contribution in [-0.2, 0) is 0 Å². The molecular weight excluding hydrogens is 357 g/mol. The van der Waals surface area contributed by atoms with Crippen molar-refractivity contribution >= 4 is 21.6 Å². The first-order chi connectivity index (χ1) is 9.79. The van der Waals surface area contributed by atoms with Crippen LogP contribution < -0.4 is 5.32 Å². The number of anilines is 1. The zero-order valence-electron chi connectivity index (χ0n) is 10.4. The van der Waals surface area contributed by atoms with Crippen LogP contribution in [0.4, 0.5) is 27.6 Å². The van der Waals surface area contributed by atoms with E-state index in [-0.39, 0.29) is 10.0 Å². The number of hydrogen-bond donors (Lipinski definition) is 1. The second-order valence-corrected chi connectivity index (χ2v) is 5.13. The summed E-state index contributed by atoms with van der Waals surface area (Å²) < 4.78 is 66.0. The molecule has 21 heavy (non-hydrogen) atoms. The molecule has 0 amide bonds. The van der Waals surface area contributed by atoms with Gasteiger partial charge in [-0.25, -0.2) is 8.78 Å². The fourth-order valence-electron chi connectivity index (χ4n) is 1.79. The van der Waals surface area contributed by atoms with Crippen LogP contribution in [-0.4, -0.2) is 6.18 Å². The molecule has 0 radical (unpaired) electrons. The zero-order chi connectivity index (χ0) is 15.6. The van der Waals surface area contributed by atoms with E-state index in [0.717, 1.165) is 6.07 Å². The molecule has 0 aliphatic heterocycles. The van der Waals surface area contributed by atoms with Crippen LogP contribution in [0.5, 0.6) is 0 Å². The van der Waals surface area contributed by atoms with Gasteiger partial charge in [-0.1, -0.05) is 30.3 Å². The van der Waals surface area contributed by atoms with Gasteiger partial charge in [-0.2, -0.15) is 13.2 Å². The van der Waals surface area contributed by atoms with E-state index in [2.05, 4.69) is 21.2 Å². The summed E-state index contributed by atoms with van der Waals surface area (Å²) in [4.78, 5) is 0. The molecule has 0 saturated carbocycles. The topological polar surface area (TPSA) is 12.0 Å². The van der Waals surface area contributed by atoms with Crippen LogP contribution in [0.15, 0.2) is 46.9 Å². The fraction of sp³-hybridized carbons (Fsp3) is 0.143. The van der Waals surface area contributed by atoms with Crippen molar-refractivity contribution in [2.24, 2.45) is 0 Å². The van der Waals surface area contributed by atoms with E-state index >= 15 is 0 Å². The maximum Gasteiger partial charge on any atom is 0.412 e. The second-order valence-electron chi connectivity index (χ2n) is 4.28. The van der Waals surface area contributed by atoms with E-state index in [1.54, 1.807) is 6.07 Å². The third-order valence-corrected chi connectivity index (χ3v) is 3.38. The first-order valence-electron chi connectivity index (χ1n) is 5.82. The molecule has 1 atom stereocenters. The summed E-state index contributed by atoms with van der Waals surface area (Å²) in [5.41, 5.74) is -0.501. The Bertz CT molecular complexity index is 627. The Labute approximate surface area is 125 Å². The van der Waals surface area contributed by atoms with Crippen molar-refractivity contribution in [3.05, 3.63) is 64.1 Å². The van der Waals surface area contributed by atoms with Crippen LogP contribution in [0.1, 0.15) is 11.6 Å². The molecule has 0 bridgehead atoms. The lowest BCUT2D eigenvalue weighted by Crippen LogP contribution is -2.28. The van der Waals surface area contributed by atoms with Crippen molar-refractivity contribution in [3.8, 4) is 0 Å². The van der Waals surface area contributed by atoms with Gasteiger partial charge in [0.05, 0.1) is 10.2 Å². The Morgan fingerprint density at radius 2 is 1.57 bits per heavy atom. The Hall–Kier alpha value is -1.63. The molecule has 0 spiro atoms. The average Bonchev–Trinajstić information content (AvgIpc) is 2.41. The highest BCUT2D eigenvalue weighted by molar-refractivity contribution is 9.10. The molecule has 0 fully saturated rings. The van der Waals surface area contributed by atoms with Crippen molar-refractivity contribution in [2.75, 3.05) is 5.32 Å². The van der Waals surface area contributed by atoms with Gasteiger partial charge >= 0.3 is 6.18 Å². The molecule has 1 N–H and O–H groups in total. The Kier molecular flexibility index (Phi) is 4.51. The first-order valence-corrected chi connectivity index (χ1v) is 6.61. The largest absolute Gasteiger partial charge is 0.412 e. The van der Waals surface area contributed by atoms with Crippen molar-refractivity contribution in [3.63, 3.8) is 0 Å². The van der Waals surface area contributed by atoms with E-state index < -0.39 is 29.5 Å². The molecule has 112 valence electrons. The molecular formula is C14H9BrF5N. The van der Waals surface area contributed by atoms with Crippen LogP contribution in [0.3, 0.4) is 0 Å². The molecule has 0 aliphatic rings. The summed E-state index contributed by atoms with van der Waals surface area (Å²) in [6.07, 6.45) is -4.63. The maximum absolute atomic E-state index is 13.6. The lowest BCUT2D eigenvalue weighted by atomic mass is 10.1. The minimum atomic E-state index is -4.63. The molecule has 7 heteroatoms. The molecule has 0 aliphatic carbocycles. The Balaban J connectivity index is 2.39. The molecule has 0 heterocycles. The summed E-state index contributed by atoms with van der Waals surface area (Å²) in [7, 11) is 0.